The number of hydrogen-bond acceptors (Lipinski definition) is 7. The summed E-state index contributed by atoms with van der Waals surface area (Å²) in [6, 6.07) is -0.753. The van der Waals surface area contributed by atoms with Crippen LogP contribution < -0.4 is 5.73 Å². The van der Waals surface area contributed by atoms with Crippen LogP contribution >= 0.6 is 11.8 Å². The Morgan fingerprint density at radius 2 is 1.75 bits per heavy atom. The molecular weight excluding hydrogens is 426 g/mol. The van der Waals surface area contributed by atoms with Crippen molar-refractivity contribution in [3.05, 3.63) is 48.6 Å². The number of allylic oxidation sites excluding steroid dienone is 7. The van der Waals surface area contributed by atoms with Crippen LogP contribution in [0, 0.1) is 0 Å². The minimum Gasteiger partial charge on any atom is -0.469 e. The summed E-state index contributed by atoms with van der Waals surface area (Å²) in [5, 5.41) is 10.3. The monoisotopic (exact) mass is 467 g/mol. The van der Waals surface area contributed by atoms with Gasteiger partial charge in [0.05, 0.1) is 20.3 Å². The molecule has 0 heterocycles. The fraction of sp³-hybridized carbons (Fsp3) is 0.600. The van der Waals surface area contributed by atoms with Crippen molar-refractivity contribution in [2.45, 2.75) is 75.7 Å². The SMILES string of the molecule is CCCCCC=CCC=CC=CC=CC(SC[C@H](N)C(=O)OC)C(O)CCCC(=O)OC. The van der Waals surface area contributed by atoms with E-state index in [9.17, 15) is 14.7 Å². The number of thioether (sulfide) groups is 1. The zero-order valence-corrected chi connectivity index (χ0v) is 20.6. The van der Waals surface area contributed by atoms with Crippen LogP contribution in [0.25, 0.3) is 0 Å². The van der Waals surface area contributed by atoms with Crippen LogP contribution in [0.15, 0.2) is 48.6 Å². The maximum absolute atomic E-state index is 11.5. The molecule has 3 atom stereocenters. The van der Waals surface area contributed by atoms with Gasteiger partial charge in [0.1, 0.15) is 6.04 Å². The Labute approximate surface area is 198 Å². The quantitative estimate of drug-likeness (QED) is 0.133. The number of aliphatic hydroxyl groups excluding tert-OH is 1. The lowest BCUT2D eigenvalue weighted by molar-refractivity contribution is -0.142. The highest BCUT2D eigenvalue weighted by Gasteiger charge is 2.21. The van der Waals surface area contributed by atoms with Crippen LogP contribution in [0.2, 0.25) is 0 Å². The topological polar surface area (TPSA) is 98.9 Å². The van der Waals surface area contributed by atoms with E-state index in [-0.39, 0.29) is 17.6 Å². The van der Waals surface area contributed by atoms with Crippen molar-refractivity contribution in [1.82, 2.24) is 0 Å². The Morgan fingerprint density at radius 3 is 2.44 bits per heavy atom. The average Bonchev–Trinajstić information content (AvgIpc) is 2.80. The first-order valence-corrected chi connectivity index (χ1v) is 12.4. The number of methoxy groups -OCH3 is 2. The normalized spacial score (nSPS) is 15.0. The Balaban J connectivity index is 4.62. The van der Waals surface area contributed by atoms with Crippen molar-refractivity contribution in [2.24, 2.45) is 5.73 Å². The summed E-state index contributed by atoms with van der Waals surface area (Å²) in [7, 11) is 2.64. The lowest BCUT2D eigenvalue weighted by Gasteiger charge is -2.20. The van der Waals surface area contributed by atoms with E-state index in [1.807, 2.05) is 30.4 Å². The van der Waals surface area contributed by atoms with Crippen LogP contribution in [0.1, 0.15) is 58.3 Å². The molecule has 0 saturated carbocycles. The highest BCUT2D eigenvalue weighted by molar-refractivity contribution is 8.00. The first-order chi connectivity index (χ1) is 15.5. The van der Waals surface area contributed by atoms with Gasteiger partial charge < -0.3 is 20.3 Å². The smallest absolute Gasteiger partial charge is 0.323 e. The second-order valence-corrected chi connectivity index (χ2v) is 8.58. The summed E-state index contributed by atoms with van der Waals surface area (Å²) in [6.07, 6.45) is 22.4. The van der Waals surface area contributed by atoms with Gasteiger partial charge in [-0.3, -0.25) is 9.59 Å². The molecule has 182 valence electrons. The standard InChI is InChI=1S/C25H41NO5S/c1-4-5-6-7-8-9-10-11-12-13-14-15-18-23(32-20-21(26)25(29)31-3)22(27)17-16-19-24(28)30-2/h8-9,11-15,18,21-23,27H,4-7,10,16-17,19-20,26H2,1-3H3/t21-,22?,23?/m0/s1. The number of aliphatic hydroxyl groups is 1. The van der Waals surface area contributed by atoms with E-state index in [2.05, 4.69) is 34.6 Å². The summed E-state index contributed by atoms with van der Waals surface area (Å²) in [5.41, 5.74) is 5.81. The second kappa shape index (κ2) is 21.0. The average molecular weight is 468 g/mol. The molecular formula is C25H41NO5S. The zero-order valence-electron chi connectivity index (χ0n) is 19.8. The van der Waals surface area contributed by atoms with Gasteiger partial charge in [0, 0.05) is 17.4 Å². The lowest BCUT2D eigenvalue weighted by atomic mass is 10.1. The highest BCUT2D eigenvalue weighted by Crippen LogP contribution is 2.21. The molecule has 0 spiro atoms. The molecule has 0 aliphatic heterocycles. The molecule has 0 aliphatic rings. The molecule has 0 radical (unpaired) electrons. The summed E-state index contributed by atoms with van der Waals surface area (Å²) in [4.78, 5) is 22.8. The van der Waals surface area contributed by atoms with Gasteiger partial charge in [-0.1, -0.05) is 68.4 Å². The molecule has 0 aromatic carbocycles. The van der Waals surface area contributed by atoms with E-state index in [1.165, 1.54) is 45.2 Å². The van der Waals surface area contributed by atoms with E-state index in [4.69, 9.17) is 5.73 Å². The maximum Gasteiger partial charge on any atom is 0.323 e. The largest absolute Gasteiger partial charge is 0.469 e. The second-order valence-electron chi connectivity index (χ2n) is 7.36. The van der Waals surface area contributed by atoms with Crippen LogP contribution in [-0.2, 0) is 19.1 Å². The number of hydrogen-bond donors (Lipinski definition) is 2. The third-order valence-corrected chi connectivity index (χ3v) is 6.05. The Hall–Kier alpha value is -1.83. The van der Waals surface area contributed by atoms with Crippen molar-refractivity contribution in [3.63, 3.8) is 0 Å². The van der Waals surface area contributed by atoms with Crippen molar-refractivity contribution >= 4 is 23.7 Å². The number of rotatable bonds is 18. The fourth-order valence-corrected chi connectivity index (χ4v) is 3.84. The fourth-order valence-electron chi connectivity index (χ4n) is 2.71. The Bertz CT molecular complexity index is 615. The Kier molecular flexibility index (Phi) is 19.8. The maximum atomic E-state index is 11.5. The third kappa shape index (κ3) is 16.8. The van der Waals surface area contributed by atoms with Gasteiger partial charge >= 0.3 is 11.9 Å². The molecule has 32 heavy (non-hydrogen) atoms. The van der Waals surface area contributed by atoms with Crippen molar-refractivity contribution in [3.8, 4) is 0 Å². The van der Waals surface area contributed by atoms with Crippen LogP contribution in [0.5, 0.6) is 0 Å². The first kappa shape index (κ1) is 30.2. The van der Waals surface area contributed by atoms with Gasteiger partial charge in [0.15, 0.2) is 0 Å². The number of esters is 2. The van der Waals surface area contributed by atoms with Gasteiger partial charge in [-0.2, -0.15) is 0 Å². The highest BCUT2D eigenvalue weighted by atomic mass is 32.2. The zero-order chi connectivity index (χ0) is 24.0. The molecule has 3 N–H and O–H groups in total. The molecule has 0 saturated heterocycles. The molecule has 0 amide bonds. The molecule has 7 heteroatoms. The molecule has 0 fully saturated rings. The van der Waals surface area contributed by atoms with E-state index >= 15 is 0 Å². The molecule has 0 rings (SSSR count). The summed E-state index contributed by atoms with van der Waals surface area (Å²) in [5.74, 6) is -0.454. The molecule has 0 bridgehead atoms. The van der Waals surface area contributed by atoms with Gasteiger partial charge in [-0.05, 0) is 32.1 Å². The predicted octanol–water partition coefficient (Wildman–Crippen LogP) is 4.49. The summed E-state index contributed by atoms with van der Waals surface area (Å²) >= 11 is 1.39. The number of unbranched alkanes of at least 4 members (excludes halogenated alkanes) is 3. The van der Waals surface area contributed by atoms with Gasteiger partial charge in [-0.25, -0.2) is 0 Å². The number of carbonyl (C=O) groups is 2. The van der Waals surface area contributed by atoms with Crippen molar-refractivity contribution < 1.29 is 24.2 Å². The summed E-state index contributed by atoms with van der Waals surface area (Å²) < 4.78 is 9.28. The minimum atomic E-state index is -0.753. The van der Waals surface area contributed by atoms with Crippen LogP contribution in [0.3, 0.4) is 0 Å². The molecule has 0 aromatic heterocycles. The Morgan fingerprint density at radius 1 is 1.00 bits per heavy atom. The number of ether oxygens (including phenoxy) is 2. The van der Waals surface area contributed by atoms with Gasteiger partial charge in [0.2, 0.25) is 0 Å². The van der Waals surface area contributed by atoms with Gasteiger partial charge in [0.25, 0.3) is 0 Å². The summed E-state index contributed by atoms with van der Waals surface area (Å²) in [6.45, 7) is 2.21. The molecule has 6 nitrogen and oxygen atoms in total. The van der Waals surface area contributed by atoms with Crippen molar-refractivity contribution in [2.75, 3.05) is 20.0 Å². The van der Waals surface area contributed by atoms with E-state index in [1.54, 1.807) is 0 Å². The first-order valence-electron chi connectivity index (χ1n) is 11.3. The van der Waals surface area contributed by atoms with E-state index in [0.717, 1.165) is 12.8 Å². The lowest BCUT2D eigenvalue weighted by Crippen LogP contribution is -2.35. The van der Waals surface area contributed by atoms with E-state index in [0.29, 0.717) is 18.6 Å². The van der Waals surface area contributed by atoms with Gasteiger partial charge in [-0.15, -0.1) is 11.8 Å². The molecule has 0 aliphatic carbocycles. The van der Waals surface area contributed by atoms with Crippen LogP contribution in [-0.4, -0.2) is 54.4 Å². The minimum absolute atomic E-state index is 0.258. The number of nitrogens with two attached hydrogens (primary N) is 1. The van der Waals surface area contributed by atoms with Crippen molar-refractivity contribution in [1.29, 1.82) is 0 Å². The van der Waals surface area contributed by atoms with E-state index < -0.39 is 18.1 Å². The number of carbonyl (C=O) groups excluding carboxylic acids is 2. The molecule has 0 aromatic rings. The molecule has 2 unspecified atom stereocenters. The third-order valence-electron chi connectivity index (χ3n) is 4.64. The van der Waals surface area contributed by atoms with Crippen LogP contribution in [0.4, 0.5) is 0 Å². The predicted molar refractivity (Wildman–Crippen MR) is 133 cm³/mol.